The lowest BCUT2D eigenvalue weighted by Crippen LogP contribution is -2.37. The SMILES string of the molecule is Cn1c(=O)c2c(nc(Cl)n2CC(=O)Nc2ccc(CN3CCOCC3)cc2)n(C)c1=O. The van der Waals surface area contributed by atoms with E-state index in [0.717, 1.165) is 43.0 Å². The Morgan fingerprint density at radius 3 is 2.48 bits per heavy atom. The second-order valence-corrected chi connectivity index (χ2v) is 7.82. The minimum absolute atomic E-state index is 0.0377. The molecule has 1 saturated heterocycles. The predicted molar refractivity (Wildman–Crippen MR) is 116 cm³/mol. The Kier molecular flexibility index (Phi) is 5.94. The fourth-order valence-electron chi connectivity index (χ4n) is 3.62. The maximum absolute atomic E-state index is 12.6. The second-order valence-electron chi connectivity index (χ2n) is 7.48. The van der Waals surface area contributed by atoms with Gasteiger partial charge in [-0.25, -0.2) is 4.79 Å². The number of carbonyl (C=O) groups is 1. The van der Waals surface area contributed by atoms with Crippen LogP contribution in [0.2, 0.25) is 5.28 Å². The van der Waals surface area contributed by atoms with E-state index in [-0.39, 0.29) is 28.9 Å². The van der Waals surface area contributed by atoms with E-state index < -0.39 is 11.2 Å². The number of hydrogen-bond acceptors (Lipinski definition) is 6. The van der Waals surface area contributed by atoms with Crippen LogP contribution in [0, 0.1) is 0 Å². The number of aryl methyl sites for hydroxylation is 1. The van der Waals surface area contributed by atoms with Crippen LogP contribution < -0.4 is 16.6 Å². The number of aromatic nitrogens is 4. The number of halogens is 1. The summed E-state index contributed by atoms with van der Waals surface area (Å²) in [7, 11) is 2.87. The van der Waals surface area contributed by atoms with Crippen molar-refractivity contribution in [3.63, 3.8) is 0 Å². The summed E-state index contributed by atoms with van der Waals surface area (Å²) < 4.78 is 8.85. The lowest BCUT2D eigenvalue weighted by Gasteiger charge is -2.26. The lowest BCUT2D eigenvalue weighted by atomic mass is 10.2. The summed E-state index contributed by atoms with van der Waals surface area (Å²) in [4.78, 5) is 43.7. The lowest BCUT2D eigenvalue weighted by molar-refractivity contribution is -0.116. The molecule has 4 rings (SSSR count). The molecule has 1 N–H and O–H groups in total. The van der Waals surface area contributed by atoms with Crippen molar-refractivity contribution in [2.45, 2.75) is 13.1 Å². The van der Waals surface area contributed by atoms with E-state index in [0.29, 0.717) is 5.69 Å². The van der Waals surface area contributed by atoms with Crippen molar-refractivity contribution in [1.29, 1.82) is 0 Å². The molecule has 1 aromatic carbocycles. The summed E-state index contributed by atoms with van der Waals surface area (Å²) in [5, 5.41) is 2.77. The Hall–Kier alpha value is -2.95. The Balaban J connectivity index is 1.49. The smallest absolute Gasteiger partial charge is 0.332 e. The van der Waals surface area contributed by atoms with Crippen LogP contribution in [0.15, 0.2) is 33.9 Å². The Morgan fingerprint density at radius 2 is 1.81 bits per heavy atom. The van der Waals surface area contributed by atoms with Crippen molar-refractivity contribution in [3.05, 3.63) is 56.0 Å². The highest BCUT2D eigenvalue weighted by Gasteiger charge is 2.20. The third kappa shape index (κ3) is 4.27. The number of rotatable bonds is 5. The topological polar surface area (TPSA) is 103 Å². The number of nitrogens with one attached hydrogen (secondary N) is 1. The Bertz CT molecular complexity index is 1240. The molecule has 3 aromatic rings. The number of carbonyl (C=O) groups excluding carboxylic acids is 1. The van der Waals surface area contributed by atoms with Crippen LogP contribution in [0.5, 0.6) is 0 Å². The molecule has 164 valence electrons. The molecule has 31 heavy (non-hydrogen) atoms. The molecule has 0 unspecified atom stereocenters. The van der Waals surface area contributed by atoms with Crippen molar-refractivity contribution in [2.24, 2.45) is 14.1 Å². The van der Waals surface area contributed by atoms with Gasteiger partial charge in [0, 0.05) is 39.4 Å². The highest BCUT2D eigenvalue weighted by atomic mass is 35.5. The maximum Gasteiger partial charge on any atom is 0.332 e. The summed E-state index contributed by atoms with van der Waals surface area (Å²) in [6.07, 6.45) is 0. The van der Waals surface area contributed by atoms with Gasteiger partial charge in [0.2, 0.25) is 11.2 Å². The minimum Gasteiger partial charge on any atom is -0.379 e. The number of benzene rings is 1. The fraction of sp³-hybridized carbons (Fsp3) is 0.400. The average molecular weight is 447 g/mol. The first-order valence-corrected chi connectivity index (χ1v) is 10.2. The third-order valence-electron chi connectivity index (χ3n) is 5.35. The van der Waals surface area contributed by atoms with E-state index in [4.69, 9.17) is 16.3 Å². The van der Waals surface area contributed by atoms with E-state index in [1.165, 1.54) is 23.2 Å². The van der Waals surface area contributed by atoms with Gasteiger partial charge >= 0.3 is 5.69 Å². The molecular formula is C20H23ClN6O4. The standard InChI is InChI=1S/C20H23ClN6O4/c1-24-17-16(18(29)25(2)20(24)30)27(19(21)23-17)12-15(28)22-14-5-3-13(4-6-14)11-26-7-9-31-10-8-26/h3-6H,7-12H2,1-2H3,(H,22,28). The van der Waals surface area contributed by atoms with Crippen LogP contribution in [0.25, 0.3) is 11.2 Å². The van der Waals surface area contributed by atoms with Crippen molar-refractivity contribution < 1.29 is 9.53 Å². The number of nitrogens with zero attached hydrogens (tertiary/aromatic N) is 5. The molecule has 0 atom stereocenters. The van der Waals surface area contributed by atoms with Gasteiger partial charge in [0.25, 0.3) is 5.56 Å². The first kappa shape index (κ1) is 21.3. The second kappa shape index (κ2) is 8.66. The molecule has 3 heterocycles. The van der Waals surface area contributed by atoms with Gasteiger partial charge in [0.15, 0.2) is 11.2 Å². The van der Waals surface area contributed by atoms with Gasteiger partial charge in [-0.05, 0) is 29.3 Å². The highest BCUT2D eigenvalue weighted by Crippen LogP contribution is 2.17. The zero-order valence-corrected chi connectivity index (χ0v) is 18.1. The molecule has 1 aliphatic heterocycles. The van der Waals surface area contributed by atoms with Gasteiger partial charge in [-0.2, -0.15) is 4.98 Å². The number of ether oxygens (including phenoxy) is 1. The normalized spacial score (nSPS) is 14.8. The molecular weight excluding hydrogens is 424 g/mol. The third-order valence-corrected chi connectivity index (χ3v) is 5.64. The van der Waals surface area contributed by atoms with Gasteiger partial charge in [-0.3, -0.25) is 28.2 Å². The van der Waals surface area contributed by atoms with E-state index in [2.05, 4.69) is 15.2 Å². The van der Waals surface area contributed by atoms with Crippen LogP contribution in [0.3, 0.4) is 0 Å². The van der Waals surface area contributed by atoms with Crippen LogP contribution in [-0.4, -0.2) is 55.8 Å². The van der Waals surface area contributed by atoms with Crippen molar-refractivity contribution in [1.82, 2.24) is 23.6 Å². The number of anilines is 1. The first-order valence-electron chi connectivity index (χ1n) is 9.86. The van der Waals surface area contributed by atoms with E-state index in [1.54, 1.807) is 0 Å². The van der Waals surface area contributed by atoms with Gasteiger partial charge in [0.05, 0.1) is 13.2 Å². The van der Waals surface area contributed by atoms with Crippen molar-refractivity contribution in [3.8, 4) is 0 Å². The van der Waals surface area contributed by atoms with E-state index in [9.17, 15) is 14.4 Å². The van der Waals surface area contributed by atoms with Crippen LogP contribution >= 0.6 is 11.6 Å². The molecule has 10 nitrogen and oxygen atoms in total. The minimum atomic E-state index is -0.558. The summed E-state index contributed by atoms with van der Waals surface area (Å²) in [6, 6.07) is 7.61. The Morgan fingerprint density at radius 1 is 1.13 bits per heavy atom. The highest BCUT2D eigenvalue weighted by molar-refractivity contribution is 6.29. The number of morpholine rings is 1. The summed E-state index contributed by atoms with van der Waals surface area (Å²) >= 11 is 6.17. The van der Waals surface area contributed by atoms with E-state index in [1.807, 2.05) is 24.3 Å². The monoisotopic (exact) mass is 446 g/mol. The number of hydrogen-bond donors (Lipinski definition) is 1. The zero-order valence-electron chi connectivity index (χ0n) is 17.3. The van der Waals surface area contributed by atoms with Crippen molar-refractivity contribution in [2.75, 3.05) is 31.6 Å². The van der Waals surface area contributed by atoms with Gasteiger partial charge in [-0.15, -0.1) is 0 Å². The van der Waals surface area contributed by atoms with Gasteiger partial charge in [-0.1, -0.05) is 12.1 Å². The quantitative estimate of drug-likeness (QED) is 0.574. The van der Waals surface area contributed by atoms with E-state index >= 15 is 0 Å². The Labute approximate surface area is 182 Å². The number of amides is 1. The molecule has 11 heteroatoms. The van der Waals surface area contributed by atoms with Crippen LogP contribution in [0.4, 0.5) is 5.69 Å². The average Bonchev–Trinajstić information content (AvgIpc) is 3.09. The summed E-state index contributed by atoms with van der Waals surface area (Å²) in [6.45, 7) is 3.93. The molecule has 0 bridgehead atoms. The summed E-state index contributed by atoms with van der Waals surface area (Å²) in [5.74, 6) is -0.363. The molecule has 1 aliphatic rings. The largest absolute Gasteiger partial charge is 0.379 e. The van der Waals surface area contributed by atoms with Gasteiger partial charge < -0.3 is 10.1 Å². The first-order chi connectivity index (χ1) is 14.8. The van der Waals surface area contributed by atoms with Crippen LogP contribution in [-0.2, 0) is 36.7 Å². The fourth-order valence-corrected chi connectivity index (χ4v) is 3.84. The number of fused-ring (bicyclic) bond motifs is 1. The molecule has 0 saturated carbocycles. The maximum atomic E-state index is 12.6. The predicted octanol–water partition coefficient (Wildman–Crippen LogP) is 0.558. The van der Waals surface area contributed by atoms with Gasteiger partial charge in [0.1, 0.15) is 6.54 Å². The zero-order chi connectivity index (χ0) is 22.1. The molecule has 0 aliphatic carbocycles. The molecule has 1 fully saturated rings. The van der Waals surface area contributed by atoms with Crippen molar-refractivity contribution >= 4 is 34.4 Å². The molecule has 1 amide bonds. The molecule has 0 radical (unpaired) electrons. The number of imidazole rings is 1. The molecule has 2 aromatic heterocycles. The molecule has 0 spiro atoms. The summed E-state index contributed by atoms with van der Waals surface area (Å²) in [5.41, 5.74) is 0.951. The van der Waals surface area contributed by atoms with Crippen LogP contribution in [0.1, 0.15) is 5.56 Å².